The van der Waals surface area contributed by atoms with Gasteiger partial charge in [0.15, 0.2) is 0 Å². The molecule has 0 aliphatic carbocycles. The lowest BCUT2D eigenvalue weighted by molar-refractivity contribution is 0.570. The quantitative estimate of drug-likeness (QED) is 0.528. The number of rotatable bonds is 4. The van der Waals surface area contributed by atoms with Crippen molar-refractivity contribution < 1.29 is 4.42 Å². The lowest BCUT2D eigenvalue weighted by Crippen LogP contribution is -2.04. The second-order valence-electron chi connectivity index (χ2n) is 5.75. The fourth-order valence-electron chi connectivity index (χ4n) is 2.72. The fraction of sp³-hybridized carbons (Fsp3) is 0.0526. The van der Waals surface area contributed by atoms with Crippen molar-refractivity contribution in [1.29, 1.82) is 0 Å². The Labute approximate surface area is 160 Å². The first-order chi connectivity index (χ1) is 12.6. The summed E-state index contributed by atoms with van der Waals surface area (Å²) < 4.78 is 7.39. The van der Waals surface area contributed by atoms with Crippen molar-refractivity contribution in [3.63, 3.8) is 0 Å². The lowest BCUT2D eigenvalue weighted by atomic mass is 10.1. The topological polar surface area (TPSA) is 69.9 Å². The molecule has 5 nitrogen and oxygen atoms in total. The lowest BCUT2D eigenvalue weighted by Gasteiger charge is -2.05. The summed E-state index contributed by atoms with van der Waals surface area (Å²) in [6, 6.07) is 16.9. The molecular weight excluding hydrogens is 371 g/mol. The third kappa shape index (κ3) is 3.31. The molecule has 2 heterocycles. The van der Waals surface area contributed by atoms with Crippen LogP contribution in [-0.2, 0) is 6.54 Å². The van der Waals surface area contributed by atoms with E-state index < -0.39 is 0 Å². The van der Waals surface area contributed by atoms with Crippen LogP contribution in [0.25, 0.3) is 22.7 Å². The summed E-state index contributed by atoms with van der Waals surface area (Å²) in [4.78, 5) is 4.51. The van der Waals surface area contributed by atoms with Gasteiger partial charge < -0.3 is 10.2 Å². The average Bonchev–Trinajstić information content (AvgIpc) is 3.23. The van der Waals surface area contributed by atoms with Gasteiger partial charge in [-0.2, -0.15) is 5.10 Å². The smallest absolute Gasteiger partial charge is 0.227 e. The highest BCUT2D eigenvalue weighted by Gasteiger charge is 2.14. The molecule has 0 atom stereocenters. The van der Waals surface area contributed by atoms with Crippen molar-refractivity contribution in [2.75, 3.05) is 5.73 Å². The summed E-state index contributed by atoms with van der Waals surface area (Å²) >= 11 is 12.2. The Morgan fingerprint density at radius 2 is 1.85 bits per heavy atom. The molecule has 4 rings (SSSR count). The van der Waals surface area contributed by atoms with Crippen molar-refractivity contribution in [1.82, 2.24) is 14.8 Å². The van der Waals surface area contributed by atoms with Crippen molar-refractivity contribution in [3.05, 3.63) is 76.6 Å². The van der Waals surface area contributed by atoms with E-state index in [0.717, 1.165) is 11.3 Å². The standard InChI is InChI=1S/C19H14Cl2N4O/c20-13-6-7-15(16(21)8-13)19-23-14(11-26-19)10-25-17(9-18(22)24-25)12-4-2-1-3-5-12/h1-9,11H,10H2,(H2,22,24). The van der Waals surface area contributed by atoms with E-state index in [1.165, 1.54) is 0 Å². The molecule has 0 fully saturated rings. The van der Waals surface area contributed by atoms with E-state index in [-0.39, 0.29) is 0 Å². The Hall–Kier alpha value is -2.76. The third-order valence-electron chi connectivity index (χ3n) is 3.89. The molecule has 2 aromatic heterocycles. The van der Waals surface area contributed by atoms with E-state index in [9.17, 15) is 0 Å². The maximum absolute atomic E-state index is 6.22. The molecule has 26 heavy (non-hydrogen) atoms. The van der Waals surface area contributed by atoms with Crippen LogP contribution in [-0.4, -0.2) is 14.8 Å². The number of hydrogen-bond donors (Lipinski definition) is 1. The molecule has 0 saturated carbocycles. The first-order valence-electron chi connectivity index (χ1n) is 7.89. The summed E-state index contributed by atoms with van der Waals surface area (Å²) in [6.07, 6.45) is 1.59. The van der Waals surface area contributed by atoms with Gasteiger partial charge in [0.05, 0.1) is 22.8 Å². The van der Waals surface area contributed by atoms with Crippen LogP contribution in [0.5, 0.6) is 0 Å². The van der Waals surface area contributed by atoms with E-state index in [2.05, 4.69) is 10.1 Å². The molecule has 130 valence electrons. The molecule has 0 spiro atoms. The number of oxazole rings is 1. The van der Waals surface area contributed by atoms with E-state index in [1.807, 2.05) is 36.4 Å². The molecule has 0 amide bonds. The number of benzene rings is 2. The second kappa shape index (κ2) is 6.86. The summed E-state index contributed by atoms with van der Waals surface area (Å²) in [5.74, 6) is 0.886. The van der Waals surface area contributed by atoms with E-state index >= 15 is 0 Å². The van der Waals surface area contributed by atoms with Crippen molar-refractivity contribution >= 4 is 29.0 Å². The van der Waals surface area contributed by atoms with Gasteiger partial charge in [0, 0.05) is 11.1 Å². The van der Waals surface area contributed by atoms with Gasteiger partial charge in [0.2, 0.25) is 5.89 Å². The Bertz CT molecular complexity index is 1060. The average molecular weight is 385 g/mol. The van der Waals surface area contributed by atoms with Crippen LogP contribution in [0, 0.1) is 0 Å². The molecule has 7 heteroatoms. The van der Waals surface area contributed by atoms with Crippen molar-refractivity contribution in [2.45, 2.75) is 6.54 Å². The number of anilines is 1. The zero-order valence-corrected chi connectivity index (χ0v) is 15.1. The van der Waals surface area contributed by atoms with Gasteiger partial charge in [0.1, 0.15) is 17.8 Å². The molecular formula is C19H14Cl2N4O. The minimum absolute atomic E-state index is 0.427. The third-order valence-corrected chi connectivity index (χ3v) is 4.44. The molecule has 0 aliphatic rings. The molecule has 2 N–H and O–H groups in total. The molecule has 2 aromatic carbocycles. The van der Waals surface area contributed by atoms with Gasteiger partial charge in [0.25, 0.3) is 0 Å². The predicted octanol–water partition coefficient (Wildman–Crippen LogP) is 5.14. The van der Waals surface area contributed by atoms with Crippen LogP contribution in [0.15, 0.2) is 65.3 Å². The van der Waals surface area contributed by atoms with E-state index in [1.54, 1.807) is 29.1 Å². The maximum Gasteiger partial charge on any atom is 0.227 e. The molecule has 0 bridgehead atoms. The van der Waals surface area contributed by atoms with Crippen LogP contribution in [0.3, 0.4) is 0 Å². The van der Waals surface area contributed by atoms with E-state index in [0.29, 0.717) is 39.6 Å². The summed E-state index contributed by atoms with van der Waals surface area (Å²) in [7, 11) is 0. The largest absolute Gasteiger partial charge is 0.444 e. The highest BCUT2D eigenvalue weighted by Crippen LogP contribution is 2.30. The van der Waals surface area contributed by atoms with Gasteiger partial charge in [-0.1, -0.05) is 53.5 Å². The fourth-order valence-corrected chi connectivity index (χ4v) is 3.21. The zero-order valence-electron chi connectivity index (χ0n) is 13.6. The highest BCUT2D eigenvalue weighted by molar-refractivity contribution is 6.36. The monoisotopic (exact) mass is 384 g/mol. The van der Waals surface area contributed by atoms with Gasteiger partial charge in [-0.25, -0.2) is 4.98 Å². The molecule has 4 aromatic rings. The zero-order chi connectivity index (χ0) is 18.1. The van der Waals surface area contributed by atoms with Gasteiger partial charge in [-0.3, -0.25) is 4.68 Å². The molecule has 0 radical (unpaired) electrons. The minimum atomic E-state index is 0.427. The number of nitrogen functional groups attached to an aromatic ring is 1. The van der Waals surface area contributed by atoms with Crippen molar-refractivity contribution in [3.8, 4) is 22.7 Å². The van der Waals surface area contributed by atoms with Crippen LogP contribution in [0.1, 0.15) is 5.69 Å². The first-order valence-corrected chi connectivity index (χ1v) is 8.64. The Balaban J connectivity index is 1.64. The number of aromatic nitrogens is 3. The molecule has 0 unspecified atom stereocenters. The number of nitrogens with two attached hydrogens (primary N) is 1. The summed E-state index contributed by atoms with van der Waals surface area (Å²) in [6.45, 7) is 0.427. The highest BCUT2D eigenvalue weighted by atomic mass is 35.5. The Kier molecular flexibility index (Phi) is 4.41. The predicted molar refractivity (Wildman–Crippen MR) is 103 cm³/mol. The molecule has 0 saturated heterocycles. The Morgan fingerprint density at radius 3 is 2.62 bits per heavy atom. The summed E-state index contributed by atoms with van der Waals surface area (Å²) in [5.41, 5.74) is 9.24. The normalized spacial score (nSPS) is 11.0. The van der Waals surface area contributed by atoms with Gasteiger partial charge >= 0.3 is 0 Å². The van der Waals surface area contributed by atoms with Crippen LogP contribution in [0.4, 0.5) is 5.82 Å². The van der Waals surface area contributed by atoms with Crippen LogP contribution < -0.4 is 5.73 Å². The maximum atomic E-state index is 6.22. The second-order valence-corrected chi connectivity index (χ2v) is 6.59. The van der Waals surface area contributed by atoms with Crippen molar-refractivity contribution in [2.24, 2.45) is 0 Å². The Morgan fingerprint density at radius 1 is 1.04 bits per heavy atom. The number of nitrogens with zero attached hydrogens (tertiary/aromatic N) is 3. The summed E-state index contributed by atoms with van der Waals surface area (Å²) in [5, 5.41) is 5.41. The van der Waals surface area contributed by atoms with Crippen LogP contribution in [0.2, 0.25) is 10.0 Å². The first kappa shape index (κ1) is 16.7. The molecule has 0 aliphatic heterocycles. The van der Waals surface area contributed by atoms with Gasteiger partial charge in [-0.05, 0) is 23.8 Å². The number of hydrogen-bond acceptors (Lipinski definition) is 4. The SMILES string of the molecule is Nc1cc(-c2ccccc2)n(Cc2coc(-c3ccc(Cl)cc3Cl)n2)n1. The number of halogens is 2. The van der Waals surface area contributed by atoms with Gasteiger partial charge in [-0.15, -0.1) is 0 Å². The van der Waals surface area contributed by atoms with E-state index in [4.69, 9.17) is 33.4 Å². The minimum Gasteiger partial charge on any atom is -0.444 e. The van der Waals surface area contributed by atoms with Crippen LogP contribution >= 0.6 is 23.2 Å².